The zero-order chi connectivity index (χ0) is 16.2. The van der Waals surface area contributed by atoms with Crippen LogP contribution in [0.25, 0.3) is 16.6 Å². The average Bonchev–Trinajstić information content (AvgIpc) is 2.96. The summed E-state index contributed by atoms with van der Waals surface area (Å²) in [6.07, 6.45) is 6.68. The normalized spacial score (nSPS) is 11.0. The highest BCUT2D eigenvalue weighted by Crippen LogP contribution is 2.29. The SMILES string of the molecule is Cc1nc(-c2ccc(O)cc2)sc1C(=O)/C=C/c1cccnc1. The molecule has 3 rings (SSSR count). The second-order valence-electron chi connectivity index (χ2n) is 4.96. The lowest BCUT2D eigenvalue weighted by molar-refractivity contribution is 0.105. The third-order valence-corrected chi connectivity index (χ3v) is 4.47. The van der Waals surface area contributed by atoms with Gasteiger partial charge < -0.3 is 5.11 Å². The second-order valence-corrected chi connectivity index (χ2v) is 5.96. The van der Waals surface area contributed by atoms with Gasteiger partial charge in [0.05, 0.1) is 10.6 Å². The molecule has 1 N–H and O–H groups in total. The fraction of sp³-hybridized carbons (Fsp3) is 0.0556. The van der Waals surface area contributed by atoms with E-state index in [-0.39, 0.29) is 11.5 Å². The molecule has 5 heteroatoms. The Morgan fingerprint density at radius 3 is 2.70 bits per heavy atom. The van der Waals surface area contributed by atoms with Gasteiger partial charge >= 0.3 is 0 Å². The molecular weight excluding hydrogens is 308 g/mol. The topological polar surface area (TPSA) is 63.1 Å². The minimum atomic E-state index is -0.0751. The van der Waals surface area contributed by atoms with Crippen LogP contribution in [0.3, 0.4) is 0 Å². The first kappa shape index (κ1) is 15.1. The molecule has 1 aromatic carbocycles. The quantitative estimate of drug-likeness (QED) is 0.580. The first-order chi connectivity index (χ1) is 11.1. The van der Waals surface area contributed by atoms with E-state index in [4.69, 9.17) is 0 Å². The monoisotopic (exact) mass is 322 g/mol. The third-order valence-electron chi connectivity index (χ3n) is 3.25. The molecule has 114 valence electrons. The van der Waals surface area contributed by atoms with Gasteiger partial charge in [-0.1, -0.05) is 6.07 Å². The summed E-state index contributed by atoms with van der Waals surface area (Å²) in [4.78, 5) is 21.4. The van der Waals surface area contributed by atoms with Crippen LogP contribution in [-0.4, -0.2) is 20.9 Å². The molecule has 0 aliphatic heterocycles. The maximum atomic E-state index is 12.4. The molecule has 4 nitrogen and oxygen atoms in total. The first-order valence-corrected chi connectivity index (χ1v) is 7.84. The molecule has 0 atom stereocenters. The molecule has 3 aromatic rings. The van der Waals surface area contributed by atoms with Crippen LogP contribution >= 0.6 is 11.3 Å². The fourth-order valence-corrected chi connectivity index (χ4v) is 3.07. The number of benzene rings is 1. The second kappa shape index (κ2) is 6.54. The summed E-state index contributed by atoms with van der Waals surface area (Å²) >= 11 is 1.35. The van der Waals surface area contributed by atoms with Crippen molar-refractivity contribution >= 4 is 23.2 Å². The van der Waals surface area contributed by atoms with E-state index in [1.54, 1.807) is 42.7 Å². The smallest absolute Gasteiger partial charge is 0.197 e. The van der Waals surface area contributed by atoms with E-state index in [0.29, 0.717) is 10.6 Å². The van der Waals surface area contributed by atoms with Crippen molar-refractivity contribution in [3.8, 4) is 16.3 Å². The van der Waals surface area contributed by atoms with Crippen molar-refractivity contribution in [2.75, 3.05) is 0 Å². The molecule has 23 heavy (non-hydrogen) atoms. The highest BCUT2D eigenvalue weighted by molar-refractivity contribution is 7.17. The standard InChI is InChI=1S/C18H14N2O2S/c1-12-17(16(22)9-4-13-3-2-10-19-11-13)23-18(20-12)14-5-7-15(21)8-6-14/h2-11,21H,1H3/b9-4+. The van der Waals surface area contributed by atoms with Crippen molar-refractivity contribution in [1.82, 2.24) is 9.97 Å². The number of phenols is 1. The number of nitrogens with zero attached hydrogens (tertiary/aromatic N) is 2. The van der Waals surface area contributed by atoms with Crippen molar-refractivity contribution in [2.45, 2.75) is 6.92 Å². The molecule has 0 aliphatic carbocycles. The summed E-state index contributed by atoms with van der Waals surface area (Å²) in [6.45, 7) is 1.82. The van der Waals surface area contributed by atoms with E-state index in [0.717, 1.165) is 16.1 Å². The largest absolute Gasteiger partial charge is 0.508 e. The van der Waals surface area contributed by atoms with Gasteiger partial charge in [-0.15, -0.1) is 11.3 Å². The Kier molecular flexibility index (Phi) is 4.30. The van der Waals surface area contributed by atoms with Crippen LogP contribution in [0.2, 0.25) is 0 Å². The molecule has 0 saturated heterocycles. The number of pyridine rings is 1. The molecule has 0 fully saturated rings. The van der Waals surface area contributed by atoms with Gasteiger partial charge in [-0.25, -0.2) is 4.98 Å². The molecule has 0 saturated carbocycles. The maximum absolute atomic E-state index is 12.4. The van der Waals surface area contributed by atoms with Crippen LogP contribution in [0.5, 0.6) is 5.75 Å². The van der Waals surface area contributed by atoms with E-state index >= 15 is 0 Å². The van der Waals surface area contributed by atoms with Crippen molar-refractivity contribution in [3.05, 3.63) is 71.0 Å². The molecule has 0 aliphatic rings. The molecule has 0 unspecified atom stereocenters. The Morgan fingerprint density at radius 1 is 1.22 bits per heavy atom. The average molecular weight is 322 g/mol. The summed E-state index contributed by atoms with van der Waals surface area (Å²) in [5.74, 6) is 0.131. The van der Waals surface area contributed by atoms with Gasteiger partial charge in [-0.05, 0) is 55.0 Å². The fourth-order valence-electron chi connectivity index (χ4n) is 2.07. The predicted molar refractivity (Wildman–Crippen MR) is 91.6 cm³/mol. The number of aromatic nitrogens is 2. The van der Waals surface area contributed by atoms with E-state index in [1.165, 1.54) is 17.4 Å². The summed E-state index contributed by atoms with van der Waals surface area (Å²) in [6, 6.07) is 10.5. The zero-order valence-electron chi connectivity index (χ0n) is 12.4. The van der Waals surface area contributed by atoms with E-state index in [9.17, 15) is 9.90 Å². The van der Waals surface area contributed by atoms with Gasteiger partial charge in [0.1, 0.15) is 10.8 Å². The number of thiazole rings is 1. The van der Waals surface area contributed by atoms with Crippen LogP contribution in [0, 0.1) is 6.92 Å². The van der Waals surface area contributed by atoms with Crippen LogP contribution in [0.1, 0.15) is 20.9 Å². The van der Waals surface area contributed by atoms with Crippen LogP contribution < -0.4 is 0 Å². The predicted octanol–water partition coefficient (Wildman–Crippen LogP) is 4.12. The van der Waals surface area contributed by atoms with Gasteiger partial charge in [-0.3, -0.25) is 9.78 Å². The summed E-state index contributed by atoms with van der Waals surface area (Å²) in [5, 5.41) is 10.1. The number of aromatic hydroxyl groups is 1. The van der Waals surface area contributed by atoms with Gasteiger partial charge in [-0.2, -0.15) is 0 Å². The lowest BCUT2D eigenvalue weighted by Gasteiger charge is -1.95. The summed E-state index contributed by atoms with van der Waals surface area (Å²) < 4.78 is 0. The number of ketones is 1. The minimum absolute atomic E-state index is 0.0751. The summed E-state index contributed by atoms with van der Waals surface area (Å²) in [7, 11) is 0. The Hall–Kier alpha value is -2.79. The van der Waals surface area contributed by atoms with Crippen LogP contribution in [-0.2, 0) is 0 Å². The Labute approximate surface area is 137 Å². The van der Waals surface area contributed by atoms with Gasteiger partial charge in [0.25, 0.3) is 0 Å². The molecule has 0 spiro atoms. The summed E-state index contributed by atoms with van der Waals surface area (Å²) in [5.41, 5.74) is 2.46. The number of hydrogen-bond acceptors (Lipinski definition) is 5. The molecule has 0 bridgehead atoms. The molecule has 2 aromatic heterocycles. The zero-order valence-corrected chi connectivity index (χ0v) is 13.2. The van der Waals surface area contributed by atoms with Crippen LogP contribution in [0.15, 0.2) is 54.9 Å². The third kappa shape index (κ3) is 3.52. The molecule has 0 amide bonds. The minimum Gasteiger partial charge on any atom is -0.508 e. The maximum Gasteiger partial charge on any atom is 0.197 e. The van der Waals surface area contributed by atoms with Gasteiger partial charge in [0, 0.05) is 18.0 Å². The number of allylic oxidation sites excluding steroid dienone is 1. The van der Waals surface area contributed by atoms with Crippen molar-refractivity contribution in [2.24, 2.45) is 0 Å². The van der Waals surface area contributed by atoms with Gasteiger partial charge in [0.15, 0.2) is 5.78 Å². The molecule has 2 heterocycles. The lowest BCUT2D eigenvalue weighted by Crippen LogP contribution is -1.93. The van der Waals surface area contributed by atoms with E-state index in [2.05, 4.69) is 9.97 Å². The highest BCUT2D eigenvalue weighted by atomic mass is 32.1. The van der Waals surface area contributed by atoms with Crippen molar-refractivity contribution in [1.29, 1.82) is 0 Å². The van der Waals surface area contributed by atoms with Gasteiger partial charge in [0.2, 0.25) is 0 Å². The Morgan fingerprint density at radius 2 is 2.00 bits per heavy atom. The highest BCUT2D eigenvalue weighted by Gasteiger charge is 2.14. The Bertz CT molecular complexity index is 852. The Balaban J connectivity index is 1.84. The number of carbonyl (C=O) groups is 1. The lowest BCUT2D eigenvalue weighted by atomic mass is 10.2. The number of hydrogen-bond donors (Lipinski definition) is 1. The van der Waals surface area contributed by atoms with E-state index in [1.807, 2.05) is 19.1 Å². The number of aryl methyl sites for hydroxylation is 1. The van der Waals surface area contributed by atoms with E-state index < -0.39 is 0 Å². The van der Waals surface area contributed by atoms with Crippen molar-refractivity contribution in [3.63, 3.8) is 0 Å². The van der Waals surface area contributed by atoms with Crippen molar-refractivity contribution < 1.29 is 9.90 Å². The molecular formula is C18H14N2O2S. The van der Waals surface area contributed by atoms with Crippen LogP contribution in [0.4, 0.5) is 0 Å². The number of carbonyl (C=O) groups excluding carboxylic acids is 1. The number of rotatable bonds is 4. The first-order valence-electron chi connectivity index (χ1n) is 7.03. The number of phenolic OH excluding ortho intramolecular Hbond substituents is 1. The molecule has 0 radical (unpaired) electrons.